The third-order valence-electron chi connectivity index (χ3n) is 7.21. The van der Waals surface area contributed by atoms with E-state index in [1.807, 2.05) is 0 Å². The van der Waals surface area contributed by atoms with Crippen LogP contribution in [0.3, 0.4) is 0 Å². The molecule has 0 aliphatic carbocycles. The Balaban J connectivity index is 3.73. The fraction of sp³-hybridized carbons (Fsp3) is 0.933. The molecule has 0 aliphatic rings. The minimum Gasteiger partial charge on any atom is -0.0999 e. The second kappa shape index (κ2) is 19.4. The van der Waals surface area contributed by atoms with Crippen LogP contribution in [-0.2, 0) is 0 Å². The van der Waals surface area contributed by atoms with E-state index in [2.05, 4.69) is 55.0 Å². The Hall–Kier alpha value is -0.260. The highest BCUT2D eigenvalue weighted by Gasteiger charge is 2.09. The molecule has 0 bridgehead atoms. The van der Waals surface area contributed by atoms with Crippen LogP contribution in [0.4, 0.5) is 0 Å². The average Bonchev–Trinajstić information content (AvgIpc) is 2.66. The topological polar surface area (TPSA) is 0 Å². The van der Waals surface area contributed by atoms with Gasteiger partial charge < -0.3 is 0 Å². The first-order valence-corrected chi connectivity index (χ1v) is 13.9. The van der Waals surface area contributed by atoms with Gasteiger partial charge in [-0.3, -0.25) is 0 Å². The van der Waals surface area contributed by atoms with Gasteiger partial charge >= 0.3 is 0 Å². The first-order chi connectivity index (χ1) is 14.2. The molecule has 0 aliphatic heterocycles. The molecule has 0 aromatic heterocycles. The lowest BCUT2D eigenvalue weighted by Crippen LogP contribution is -2.02. The lowest BCUT2D eigenvalue weighted by molar-refractivity contribution is 0.367. The second-order valence-corrected chi connectivity index (χ2v) is 11.6. The monoisotopic (exact) mass is 420 g/mol. The van der Waals surface area contributed by atoms with Gasteiger partial charge in [0.2, 0.25) is 0 Å². The molecule has 0 aromatic rings. The summed E-state index contributed by atoms with van der Waals surface area (Å²) in [4.78, 5) is 0. The predicted molar refractivity (Wildman–Crippen MR) is 140 cm³/mol. The van der Waals surface area contributed by atoms with E-state index in [1.54, 1.807) is 0 Å². The zero-order chi connectivity index (χ0) is 22.8. The Labute approximate surface area is 193 Å². The van der Waals surface area contributed by atoms with Crippen molar-refractivity contribution in [3.63, 3.8) is 0 Å². The van der Waals surface area contributed by atoms with Crippen molar-refractivity contribution >= 4 is 0 Å². The lowest BCUT2D eigenvalue weighted by Gasteiger charge is -2.17. The van der Waals surface area contributed by atoms with E-state index < -0.39 is 0 Å². The van der Waals surface area contributed by atoms with Gasteiger partial charge in [0.15, 0.2) is 0 Å². The summed E-state index contributed by atoms with van der Waals surface area (Å²) in [6.07, 6.45) is 22.2. The molecule has 0 saturated heterocycles. The Bertz CT molecular complexity index is 377. The normalized spacial score (nSPS) is 15.0. The third kappa shape index (κ3) is 19.7. The largest absolute Gasteiger partial charge is 0.0999 e. The van der Waals surface area contributed by atoms with Crippen molar-refractivity contribution in [1.82, 2.24) is 0 Å². The molecule has 0 amide bonds. The summed E-state index contributed by atoms with van der Waals surface area (Å²) in [7, 11) is 0. The highest BCUT2D eigenvalue weighted by Crippen LogP contribution is 2.25. The number of rotatable bonds is 21. The molecular formula is C30H60. The molecule has 0 saturated carbocycles. The van der Waals surface area contributed by atoms with Crippen molar-refractivity contribution in [1.29, 1.82) is 0 Å². The predicted octanol–water partition coefficient (Wildman–Crippen LogP) is 11.0. The van der Waals surface area contributed by atoms with Crippen LogP contribution < -0.4 is 0 Å². The third-order valence-corrected chi connectivity index (χ3v) is 7.21. The zero-order valence-corrected chi connectivity index (χ0v) is 22.4. The van der Waals surface area contributed by atoms with Crippen molar-refractivity contribution in [3.05, 3.63) is 12.2 Å². The Morgan fingerprint density at radius 1 is 0.533 bits per heavy atom. The van der Waals surface area contributed by atoms with E-state index in [1.165, 1.54) is 108 Å². The first kappa shape index (κ1) is 29.7. The number of hydrogen-bond donors (Lipinski definition) is 0. The van der Waals surface area contributed by atoms with E-state index in [-0.39, 0.29) is 0 Å². The molecule has 0 nitrogen and oxygen atoms in total. The second-order valence-electron chi connectivity index (χ2n) is 11.6. The lowest BCUT2D eigenvalue weighted by atomic mass is 9.89. The molecule has 30 heavy (non-hydrogen) atoms. The summed E-state index contributed by atoms with van der Waals surface area (Å²) >= 11 is 0. The highest BCUT2D eigenvalue weighted by molar-refractivity contribution is 4.93. The molecule has 180 valence electrons. The summed E-state index contributed by atoms with van der Waals surface area (Å²) in [6, 6.07) is 0. The smallest absolute Gasteiger partial charge is 0.0323 e. The summed E-state index contributed by atoms with van der Waals surface area (Å²) in [5, 5.41) is 0. The molecule has 0 N–H and O–H groups in total. The van der Waals surface area contributed by atoms with Crippen LogP contribution in [0, 0.1) is 29.6 Å². The van der Waals surface area contributed by atoms with E-state index in [0.29, 0.717) is 0 Å². The van der Waals surface area contributed by atoms with E-state index in [0.717, 1.165) is 29.6 Å². The number of hydrogen-bond acceptors (Lipinski definition) is 0. The average molecular weight is 421 g/mol. The zero-order valence-electron chi connectivity index (χ0n) is 22.4. The first-order valence-electron chi connectivity index (χ1n) is 13.9. The quantitative estimate of drug-likeness (QED) is 0.162. The van der Waals surface area contributed by atoms with E-state index in [9.17, 15) is 0 Å². The molecule has 0 rings (SSSR count). The van der Waals surface area contributed by atoms with E-state index >= 15 is 0 Å². The summed E-state index contributed by atoms with van der Waals surface area (Å²) < 4.78 is 0. The maximum absolute atomic E-state index is 4.39. The van der Waals surface area contributed by atoms with Gasteiger partial charge in [-0.1, -0.05) is 138 Å². The van der Waals surface area contributed by atoms with Gasteiger partial charge in [0.25, 0.3) is 0 Å². The van der Waals surface area contributed by atoms with Crippen molar-refractivity contribution in [3.8, 4) is 0 Å². The fourth-order valence-corrected chi connectivity index (χ4v) is 4.81. The van der Waals surface area contributed by atoms with Gasteiger partial charge in [-0.15, -0.1) is 0 Å². The van der Waals surface area contributed by atoms with Crippen molar-refractivity contribution in [2.75, 3.05) is 0 Å². The van der Waals surface area contributed by atoms with Crippen LogP contribution in [0.5, 0.6) is 0 Å². The highest BCUT2D eigenvalue weighted by atomic mass is 14.2. The van der Waals surface area contributed by atoms with Crippen LogP contribution in [0.25, 0.3) is 0 Å². The Kier molecular flexibility index (Phi) is 19.3. The molecule has 0 radical (unpaired) electrons. The minimum absolute atomic E-state index is 0.863. The van der Waals surface area contributed by atoms with Crippen molar-refractivity contribution in [2.24, 2.45) is 29.6 Å². The molecule has 0 aromatic carbocycles. The van der Waals surface area contributed by atoms with Gasteiger partial charge in [0.05, 0.1) is 0 Å². The van der Waals surface area contributed by atoms with Gasteiger partial charge in [0, 0.05) is 0 Å². The molecule has 3 unspecified atom stereocenters. The number of allylic oxidation sites excluding steroid dienone is 1. The van der Waals surface area contributed by atoms with Crippen molar-refractivity contribution in [2.45, 2.75) is 151 Å². The maximum Gasteiger partial charge on any atom is -0.0323 e. The molecular weight excluding hydrogens is 360 g/mol. The SMILES string of the molecule is C=C(CCCC(C)CCCC(C)C)CCCC(CC)CCCC(C)CCCC(C)C. The Morgan fingerprint density at radius 3 is 1.33 bits per heavy atom. The van der Waals surface area contributed by atoms with Gasteiger partial charge in [-0.05, 0) is 55.3 Å². The molecule has 0 fully saturated rings. The maximum atomic E-state index is 4.39. The van der Waals surface area contributed by atoms with Gasteiger partial charge in [-0.25, -0.2) is 0 Å². The molecule has 0 heteroatoms. The van der Waals surface area contributed by atoms with Crippen LogP contribution in [-0.4, -0.2) is 0 Å². The minimum atomic E-state index is 0.863. The van der Waals surface area contributed by atoms with E-state index in [4.69, 9.17) is 0 Å². The van der Waals surface area contributed by atoms with Gasteiger partial charge in [0.1, 0.15) is 0 Å². The Morgan fingerprint density at radius 2 is 0.900 bits per heavy atom. The molecule has 3 atom stereocenters. The van der Waals surface area contributed by atoms with Crippen LogP contribution >= 0.6 is 0 Å². The van der Waals surface area contributed by atoms with Crippen molar-refractivity contribution < 1.29 is 0 Å². The van der Waals surface area contributed by atoms with Crippen LogP contribution in [0.2, 0.25) is 0 Å². The summed E-state index contributed by atoms with van der Waals surface area (Å²) in [6.45, 7) is 21.1. The molecule has 0 spiro atoms. The fourth-order valence-electron chi connectivity index (χ4n) is 4.81. The van der Waals surface area contributed by atoms with Crippen LogP contribution in [0.1, 0.15) is 151 Å². The summed E-state index contributed by atoms with van der Waals surface area (Å²) in [5.41, 5.74) is 1.51. The van der Waals surface area contributed by atoms with Crippen LogP contribution in [0.15, 0.2) is 12.2 Å². The molecule has 0 heterocycles. The standard InChI is InChI=1S/C30H60/c1-9-30(23-13-21-28(7)18-11-16-26(4)5)24-14-22-29(8)20-12-19-27(6)17-10-15-25(2)3/h25-28,30H,8-24H2,1-7H3. The van der Waals surface area contributed by atoms with Gasteiger partial charge in [-0.2, -0.15) is 0 Å². The summed E-state index contributed by atoms with van der Waals surface area (Å²) in [5.74, 6) is 4.50.